The Morgan fingerprint density at radius 1 is 1.56 bits per heavy atom. The second-order valence-electron chi connectivity index (χ2n) is 4.25. The molecule has 0 aromatic carbocycles. The first kappa shape index (κ1) is 11.4. The topological polar surface area (TPSA) is 43.3 Å². The summed E-state index contributed by atoms with van der Waals surface area (Å²) in [6.45, 7) is 2.59. The monoisotopic (exact) mass is 222 g/mol. The highest BCUT2D eigenvalue weighted by Crippen LogP contribution is 2.17. The Labute approximate surface area is 95.2 Å². The van der Waals surface area contributed by atoms with Crippen LogP contribution in [0.25, 0.3) is 0 Å². The number of nitrogens with one attached hydrogen (secondary N) is 1. The first-order valence-electron chi connectivity index (χ1n) is 5.70. The van der Waals surface area contributed by atoms with Crippen molar-refractivity contribution in [2.24, 2.45) is 5.92 Å². The number of hydrogen-bond donors (Lipinski definition) is 1. The van der Waals surface area contributed by atoms with Crippen molar-refractivity contribution in [1.29, 1.82) is 0 Å². The molecule has 1 aliphatic rings. The summed E-state index contributed by atoms with van der Waals surface area (Å²) in [6, 6.07) is 3.60. The van der Waals surface area contributed by atoms with Crippen molar-refractivity contribution in [3.05, 3.63) is 34.7 Å². The molecule has 88 valence electrons. The van der Waals surface area contributed by atoms with Gasteiger partial charge in [0.25, 0.3) is 0 Å². The lowest BCUT2D eigenvalue weighted by Crippen LogP contribution is -2.37. The molecule has 1 aromatic heterocycles. The molecule has 4 nitrogen and oxygen atoms in total. The summed E-state index contributed by atoms with van der Waals surface area (Å²) in [4.78, 5) is 11.0. The van der Waals surface area contributed by atoms with E-state index in [1.807, 2.05) is 24.0 Å². The smallest absolute Gasteiger partial charge is 0.181 e. The first-order valence-corrected chi connectivity index (χ1v) is 5.70. The summed E-state index contributed by atoms with van der Waals surface area (Å²) in [5, 5.41) is 3.33. The van der Waals surface area contributed by atoms with Crippen LogP contribution in [0.5, 0.6) is 0 Å². The van der Waals surface area contributed by atoms with Gasteiger partial charge in [0, 0.05) is 49.6 Å². The van der Waals surface area contributed by atoms with Crippen molar-refractivity contribution < 1.29 is 4.74 Å². The van der Waals surface area contributed by atoms with Crippen molar-refractivity contribution in [3.63, 3.8) is 0 Å². The zero-order valence-electron chi connectivity index (χ0n) is 9.56. The van der Waals surface area contributed by atoms with Crippen LogP contribution in [-0.2, 0) is 11.3 Å². The number of rotatable bonds is 4. The summed E-state index contributed by atoms with van der Waals surface area (Å²) in [7, 11) is 1.98. The first-order chi connectivity index (χ1) is 7.79. The molecular formula is C12H18N2O2. The Kier molecular flexibility index (Phi) is 3.74. The maximum Gasteiger partial charge on any atom is 0.181 e. The molecule has 0 spiro atoms. The van der Waals surface area contributed by atoms with Gasteiger partial charge in [0.15, 0.2) is 5.43 Å². The molecule has 0 radical (unpaired) electrons. The Morgan fingerprint density at radius 2 is 2.31 bits per heavy atom. The number of pyridine rings is 1. The third-order valence-electron chi connectivity index (χ3n) is 3.17. The van der Waals surface area contributed by atoms with Gasteiger partial charge < -0.3 is 14.6 Å². The van der Waals surface area contributed by atoms with Gasteiger partial charge in [-0.15, -0.1) is 0 Å². The lowest BCUT2D eigenvalue weighted by atomic mass is 9.99. The van der Waals surface area contributed by atoms with Gasteiger partial charge in [-0.05, 0) is 13.5 Å². The van der Waals surface area contributed by atoms with Crippen LogP contribution in [0.2, 0.25) is 0 Å². The highest BCUT2D eigenvalue weighted by molar-refractivity contribution is 4.94. The van der Waals surface area contributed by atoms with Crippen molar-refractivity contribution in [3.8, 4) is 0 Å². The Bertz CT molecular complexity index is 362. The minimum atomic E-state index is 0.0569. The van der Waals surface area contributed by atoms with E-state index in [-0.39, 0.29) is 5.43 Å². The number of nitrogens with zero attached hydrogens (tertiary/aromatic N) is 1. The van der Waals surface area contributed by atoms with E-state index in [0.717, 1.165) is 26.2 Å². The fourth-order valence-electron chi connectivity index (χ4n) is 2.14. The van der Waals surface area contributed by atoms with Crippen LogP contribution >= 0.6 is 0 Å². The third-order valence-corrected chi connectivity index (χ3v) is 3.17. The molecule has 0 amide bonds. The molecule has 0 aliphatic carbocycles. The van der Waals surface area contributed by atoms with Gasteiger partial charge in [-0.1, -0.05) is 0 Å². The molecule has 2 unspecified atom stereocenters. The van der Waals surface area contributed by atoms with E-state index in [4.69, 9.17) is 4.74 Å². The fraction of sp³-hybridized carbons (Fsp3) is 0.583. The normalized spacial score (nSPS) is 22.2. The third kappa shape index (κ3) is 2.71. The standard InChI is InChI=1S/C12H18N2O2/c1-13-12(10-4-7-16-9-10)8-14-5-2-11(15)3-6-14/h2-3,5-6,10,12-13H,4,7-9H2,1H3. The SMILES string of the molecule is CNC(Cn1ccc(=O)cc1)C1CCOC1. The van der Waals surface area contributed by atoms with Crippen LogP contribution in [0.1, 0.15) is 6.42 Å². The Balaban J connectivity index is 2.00. The van der Waals surface area contributed by atoms with Crippen molar-refractivity contribution in [2.75, 3.05) is 20.3 Å². The van der Waals surface area contributed by atoms with Gasteiger partial charge >= 0.3 is 0 Å². The maximum atomic E-state index is 11.0. The van der Waals surface area contributed by atoms with Gasteiger partial charge in [0.1, 0.15) is 0 Å². The second-order valence-corrected chi connectivity index (χ2v) is 4.25. The zero-order chi connectivity index (χ0) is 11.4. The molecule has 1 aromatic rings. The summed E-state index contributed by atoms with van der Waals surface area (Å²) >= 11 is 0. The highest BCUT2D eigenvalue weighted by Gasteiger charge is 2.24. The van der Waals surface area contributed by atoms with E-state index in [9.17, 15) is 4.79 Å². The molecule has 16 heavy (non-hydrogen) atoms. The quantitative estimate of drug-likeness (QED) is 0.805. The van der Waals surface area contributed by atoms with Crippen LogP contribution in [0.3, 0.4) is 0 Å². The molecule has 2 heterocycles. The summed E-state index contributed by atoms with van der Waals surface area (Å²) in [6.07, 6.45) is 4.79. The summed E-state index contributed by atoms with van der Waals surface area (Å²) in [5.41, 5.74) is 0.0569. The van der Waals surface area contributed by atoms with Gasteiger partial charge in [-0.2, -0.15) is 0 Å². The van der Waals surface area contributed by atoms with Crippen LogP contribution in [0, 0.1) is 5.92 Å². The average molecular weight is 222 g/mol. The van der Waals surface area contributed by atoms with E-state index in [0.29, 0.717) is 12.0 Å². The average Bonchev–Trinajstić information content (AvgIpc) is 2.82. The molecule has 1 saturated heterocycles. The molecule has 1 aliphatic heterocycles. The molecule has 2 rings (SSSR count). The molecule has 1 fully saturated rings. The molecular weight excluding hydrogens is 204 g/mol. The second kappa shape index (κ2) is 5.27. The number of likely N-dealkylation sites (N-methyl/N-ethyl adjacent to an activating group) is 1. The predicted molar refractivity (Wildman–Crippen MR) is 62.5 cm³/mol. The molecule has 4 heteroatoms. The van der Waals surface area contributed by atoms with Crippen LogP contribution in [0.15, 0.2) is 29.3 Å². The largest absolute Gasteiger partial charge is 0.381 e. The number of ether oxygens (including phenoxy) is 1. The van der Waals surface area contributed by atoms with Crippen LogP contribution in [0.4, 0.5) is 0 Å². The Morgan fingerprint density at radius 3 is 2.88 bits per heavy atom. The minimum Gasteiger partial charge on any atom is -0.381 e. The zero-order valence-corrected chi connectivity index (χ0v) is 9.56. The van der Waals surface area contributed by atoms with Crippen molar-refractivity contribution >= 4 is 0 Å². The van der Waals surface area contributed by atoms with Crippen LogP contribution < -0.4 is 10.7 Å². The fourth-order valence-corrected chi connectivity index (χ4v) is 2.14. The van der Waals surface area contributed by atoms with Gasteiger partial charge in [0.2, 0.25) is 0 Å². The van der Waals surface area contributed by atoms with Crippen LogP contribution in [-0.4, -0.2) is 30.9 Å². The lowest BCUT2D eigenvalue weighted by Gasteiger charge is -2.22. The van der Waals surface area contributed by atoms with Gasteiger partial charge in [0.05, 0.1) is 6.61 Å². The molecule has 0 saturated carbocycles. The van der Waals surface area contributed by atoms with Gasteiger partial charge in [-0.25, -0.2) is 0 Å². The van der Waals surface area contributed by atoms with E-state index in [2.05, 4.69) is 5.32 Å². The van der Waals surface area contributed by atoms with E-state index < -0.39 is 0 Å². The van der Waals surface area contributed by atoms with Crippen molar-refractivity contribution in [1.82, 2.24) is 9.88 Å². The molecule has 0 bridgehead atoms. The number of aromatic nitrogens is 1. The number of hydrogen-bond acceptors (Lipinski definition) is 3. The predicted octanol–water partition coefficient (Wildman–Crippen LogP) is 0.473. The molecule has 1 N–H and O–H groups in total. The van der Waals surface area contributed by atoms with E-state index in [1.165, 1.54) is 0 Å². The highest BCUT2D eigenvalue weighted by atomic mass is 16.5. The maximum absolute atomic E-state index is 11.0. The summed E-state index contributed by atoms with van der Waals surface area (Å²) < 4.78 is 7.44. The minimum absolute atomic E-state index is 0.0569. The summed E-state index contributed by atoms with van der Waals surface area (Å²) in [5.74, 6) is 0.574. The Hall–Kier alpha value is -1.13. The molecule has 2 atom stereocenters. The lowest BCUT2D eigenvalue weighted by molar-refractivity contribution is 0.175. The van der Waals surface area contributed by atoms with E-state index in [1.54, 1.807) is 12.1 Å². The van der Waals surface area contributed by atoms with Gasteiger partial charge in [-0.3, -0.25) is 4.79 Å². The van der Waals surface area contributed by atoms with E-state index >= 15 is 0 Å². The van der Waals surface area contributed by atoms with Crippen molar-refractivity contribution in [2.45, 2.75) is 19.0 Å².